The molecule has 1 amide bonds. The van der Waals surface area contributed by atoms with Gasteiger partial charge in [0.25, 0.3) is 5.91 Å². The van der Waals surface area contributed by atoms with Gasteiger partial charge in [0.15, 0.2) is 6.61 Å². The van der Waals surface area contributed by atoms with E-state index in [0.717, 1.165) is 47.0 Å². The van der Waals surface area contributed by atoms with E-state index in [2.05, 4.69) is 10.3 Å². The fraction of sp³-hybridized carbons (Fsp3) is 0.318. The van der Waals surface area contributed by atoms with Gasteiger partial charge in [-0.25, -0.2) is 0 Å². The van der Waals surface area contributed by atoms with Gasteiger partial charge >= 0.3 is 0 Å². The summed E-state index contributed by atoms with van der Waals surface area (Å²) in [5.74, 6) is 0.643. The summed E-state index contributed by atoms with van der Waals surface area (Å²) >= 11 is 12.5. The minimum absolute atomic E-state index is 0.0118. The number of aryl methyl sites for hydroxylation is 2. The fourth-order valence-electron chi connectivity index (χ4n) is 3.89. The smallest absolute Gasteiger partial charge is 0.258 e. The molecule has 0 saturated carbocycles. The number of halogens is 2. The van der Waals surface area contributed by atoms with Gasteiger partial charge in [0.05, 0.1) is 5.02 Å². The molecule has 0 bridgehead atoms. The summed E-state index contributed by atoms with van der Waals surface area (Å²) in [7, 11) is 0. The highest BCUT2D eigenvalue weighted by Gasteiger charge is 2.25. The molecule has 0 radical (unpaired) electrons. The lowest BCUT2D eigenvalue weighted by atomic mass is 9.91. The first-order chi connectivity index (χ1) is 13.4. The summed E-state index contributed by atoms with van der Waals surface area (Å²) in [5.41, 5.74) is 5.51. The van der Waals surface area contributed by atoms with Gasteiger partial charge in [-0.2, -0.15) is 0 Å². The Balaban J connectivity index is 1.43. The minimum Gasteiger partial charge on any atom is -0.483 e. The van der Waals surface area contributed by atoms with E-state index in [4.69, 9.17) is 27.9 Å². The molecule has 1 aliphatic rings. The van der Waals surface area contributed by atoms with Crippen LogP contribution in [0, 0.1) is 13.8 Å². The van der Waals surface area contributed by atoms with Crippen LogP contribution >= 0.6 is 23.2 Å². The number of benzene rings is 2. The van der Waals surface area contributed by atoms with Crippen LogP contribution in [0.25, 0.3) is 10.9 Å². The van der Waals surface area contributed by atoms with Crippen molar-refractivity contribution in [2.24, 2.45) is 0 Å². The predicted molar refractivity (Wildman–Crippen MR) is 114 cm³/mol. The van der Waals surface area contributed by atoms with Crippen molar-refractivity contribution in [2.75, 3.05) is 6.61 Å². The lowest BCUT2D eigenvalue weighted by Gasteiger charge is -2.24. The number of hydrogen-bond donors (Lipinski definition) is 2. The Labute approximate surface area is 174 Å². The maximum absolute atomic E-state index is 12.4. The predicted octanol–water partition coefficient (Wildman–Crippen LogP) is 5.14. The Kier molecular flexibility index (Phi) is 5.26. The zero-order valence-corrected chi connectivity index (χ0v) is 17.4. The summed E-state index contributed by atoms with van der Waals surface area (Å²) in [6.45, 7) is 4.04. The topological polar surface area (TPSA) is 54.1 Å². The highest BCUT2D eigenvalue weighted by molar-refractivity contribution is 6.38. The zero-order valence-electron chi connectivity index (χ0n) is 15.9. The van der Waals surface area contributed by atoms with Crippen LogP contribution in [0.2, 0.25) is 10.0 Å². The molecule has 0 saturated heterocycles. The van der Waals surface area contributed by atoms with E-state index in [0.29, 0.717) is 10.0 Å². The van der Waals surface area contributed by atoms with Gasteiger partial charge in [-0.1, -0.05) is 35.3 Å². The molecule has 2 aromatic carbocycles. The third-order valence-corrected chi connectivity index (χ3v) is 6.00. The van der Waals surface area contributed by atoms with Crippen LogP contribution in [-0.2, 0) is 17.6 Å². The molecule has 0 unspecified atom stereocenters. The van der Waals surface area contributed by atoms with Crippen LogP contribution in [0.4, 0.5) is 0 Å². The summed E-state index contributed by atoms with van der Waals surface area (Å²) in [6, 6.07) is 9.58. The van der Waals surface area contributed by atoms with Crippen molar-refractivity contribution in [3.63, 3.8) is 0 Å². The molecule has 3 aromatic rings. The molecule has 0 fully saturated rings. The molecule has 146 valence electrons. The van der Waals surface area contributed by atoms with Gasteiger partial charge in [-0.15, -0.1) is 0 Å². The van der Waals surface area contributed by atoms with Crippen molar-refractivity contribution in [1.82, 2.24) is 10.3 Å². The van der Waals surface area contributed by atoms with Gasteiger partial charge < -0.3 is 15.0 Å². The Morgan fingerprint density at radius 1 is 1.29 bits per heavy atom. The van der Waals surface area contributed by atoms with Crippen LogP contribution in [0.3, 0.4) is 0 Å². The van der Waals surface area contributed by atoms with Gasteiger partial charge in [0, 0.05) is 27.7 Å². The third kappa shape index (κ3) is 3.71. The molecule has 1 atom stereocenters. The molecular weight excluding hydrogens is 395 g/mol. The standard InChI is InChI=1S/C22H22Cl2N2O2/c1-12-4-3-5-20(13(12)2)28-11-21(27)25-15-6-7-18-16(10-15)22-17(24)8-14(23)9-19(22)26-18/h3-5,8-9,15,26H,6-7,10-11H2,1-2H3,(H,25,27)/t15-/m1/s1. The van der Waals surface area contributed by atoms with Crippen LogP contribution in [0.5, 0.6) is 5.75 Å². The van der Waals surface area contributed by atoms with Crippen LogP contribution in [0.1, 0.15) is 28.8 Å². The van der Waals surface area contributed by atoms with E-state index >= 15 is 0 Å². The molecule has 0 spiro atoms. The highest BCUT2D eigenvalue weighted by atomic mass is 35.5. The van der Waals surface area contributed by atoms with E-state index in [1.165, 1.54) is 11.3 Å². The number of ether oxygens (including phenoxy) is 1. The molecule has 1 aliphatic carbocycles. The Morgan fingerprint density at radius 3 is 2.93 bits per heavy atom. The molecule has 4 nitrogen and oxygen atoms in total. The average Bonchev–Trinajstić information content (AvgIpc) is 3.00. The number of aromatic nitrogens is 1. The number of fused-ring (bicyclic) bond motifs is 3. The largest absolute Gasteiger partial charge is 0.483 e. The van der Waals surface area contributed by atoms with Gasteiger partial charge in [0.2, 0.25) is 0 Å². The van der Waals surface area contributed by atoms with Crippen molar-refractivity contribution in [2.45, 2.75) is 39.2 Å². The third-order valence-electron chi connectivity index (χ3n) is 5.48. The normalized spacial score (nSPS) is 16.1. The molecule has 6 heteroatoms. The second-order valence-corrected chi connectivity index (χ2v) is 8.23. The second kappa shape index (κ2) is 7.69. The van der Waals surface area contributed by atoms with E-state index < -0.39 is 0 Å². The second-order valence-electron chi connectivity index (χ2n) is 7.39. The van der Waals surface area contributed by atoms with E-state index in [-0.39, 0.29) is 18.6 Å². The quantitative estimate of drug-likeness (QED) is 0.617. The van der Waals surface area contributed by atoms with E-state index in [1.807, 2.05) is 38.1 Å². The lowest BCUT2D eigenvalue weighted by Crippen LogP contribution is -2.41. The number of hydrogen-bond acceptors (Lipinski definition) is 2. The molecule has 0 aliphatic heterocycles. The van der Waals surface area contributed by atoms with Crippen LogP contribution in [-0.4, -0.2) is 23.5 Å². The molecule has 1 aromatic heterocycles. The summed E-state index contributed by atoms with van der Waals surface area (Å²) in [5, 5.41) is 5.37. The molecule has 28 heavy (non-hydrogen) atoms. The first-order valence-electron chi connectivity index (χ1n) is 9.39. The van der Waals surface area contributed by atoms with Crippen molar-refractivity contribution >= 4 is 40.0 Å². The molecule has 2 N–H and O–H groups in total. The Morgan fingerprint density at radius 2 is 2.11 bits per heavy atom. The molecule has 4 rings (SSSR count). The van der Waals surface area contributed by atoms with Crippen molar-refractivity contribution in [3.05, 3.63) is 62.8 Å². The van der Waals surface area contributed by atoms with Crippen molar-refractivity contribution in [1.29, 1.82) is 0 Å². The van der Waals surface area contributed by atoms with E-state index in [1.54, 1.807) is 6.07 Å². The lowest BCUT2D eigenvalue weighted by molar-refractivity contribution is -0.123. The average molecular weight is 417 g/mol. The highest BCUT2D eigenvalue weighted by Crippen LogP contribution is 2.35. The first kappa shape index (κ1) is 19.2. The summed E-state index contributed by atoms with van der Waals surface area (Å²) < 4.78 is 5.72. The Bertz CT molecular complexity index is 1060. The number of amides is 1. The number of aromatic amines is 1. The minimum atomic E-state index is -0.108. The number of rotatable bonds is 4. The fourth-order valence-corrected chi connectivity index (χ4v) is 4.50. The zero-order chi connectivity index (χ0) is 19.8. The summed E-state index contributed by atoms with van der Waals surface area (Å²) in [4.78, 5) is 15.8. The van der Waals surface area contributed by atoms with Gasteiger partial charge in [-0.3, -0.25) is 4.79 Å². The number of carbonyl (C=O) groups excluding carboxylic acids is 1. The monoisotopic (exact) mass is 416 g/mol. The molecular formula is C22H22Cl2N2O2. The van der Waals surface area contributed by atoms with Crippen LogP contribution < -0.4 is 10.1 Å². The van der Waals surface area contributed by atoms with E-state index in [9.17, 15) is 4.79 Å². The Hall–Kier alpha value is -2.17. The number of carbonyl (C=O) groups is 1. The first-order valence-corrected chi connectivity index (χ1v) is 10.1. The SMILES string of the molecule is Cc1cccc(OCC(=O)N[C@@H]2CCc3[nH]c4cc(Cl)cc(Cl)c4c3C2)c1C. The van der Waals surface area contributed by atoms with Crippen molar-refractivity contribution in [3.8, 4) is 5.75 Å². The van der Waals surface area contributed by atoms with Crippen LogP contribution in [0.15, 0.2) is 30.3 Å². The number of H-pyrrole nitrogens is 1. The summed E-state index contributed by atoms with van der Waals surface area (Å²) in [6.07, 6.45) is 2.48. The van der Waals surface area contributed by atoms with Crippen molar-refractivity contribution < 1.29 is 9.53 Å². The molecule has 1 heterocycles. The maximum Gasteiger partial charge on any atom is 0.258 e. The van der Waals surface area contributed by atoms with Gasteiger partial charge in [-0.05, 0) is 68.0 Å². The maximum atomic E-state index is 12.4. The van der Waals surface area contributed by atoms with Gasteiger partial charge in [0.1, 0.15) is 5.75 Å². The number of nitrogens with one attached hydrogen (secondary N) is 2.